The highest BCUT2D eigenvalue weighted by Gasteiger charge is 2.39. The van der Waals surface area contributed by atoms with Gasteiger partial charge in [-0.1, -0.05) is 12.1 Å². The van der Waals surface area contributed by atoms with Crippen LogP contribution < -0.4 is 9.64 Å². The van der Waals surface area contributed by atoms with Crippen molar-refractivity contribution in [3.8, 4) is 5.75 Å². The molecule has 3 aliphatic rings. The summed E-state index contributed by atoms with van der Waals surface area (Å²) in [6.07, 6.45) is 2.88. The molecule has 2 bridgehead atoms. The van der Waals surface area contributed by atoms with Gasteiger partial charge in [-0.15, -0.1) is 0 Å². The molecule has 6 heteroatoms. The molecule has 0 aliphatic carbocycles. The molecule has 0 aromatic heterocycles. The third kappa shape index (κ3) is 3.30. The molecule has 2 atom stereocenters. The third-order valence-electron chi connectivity index (χ3n) is 5.89. The van der Waals surface area contributed by atoms with Crippen LogP contribution in [0, 0.1) is 5.92 Å². The molecule has 6 nitrogen and oxygen atoms in total. The van der Waals surface area contributed by atoms with Crippen molar-refractivity contribution in [3.05, 3.63) is 24.3 Å². The Hall–Kier alpha value is -2.08. The van der Waals surface area contributed by atoms with Gasteiger partial charge in [0.15, 0.2) is 0 Å². The number of anilines is 1. The molecule has 140 valence electrons. The summed E-state index contributed by atoms with van der Waals surface area (Å²) >= 11 is 0. The SMILES string of the molecule is COc1ccccc1N1C[C@H]2C[C@@H]1CN(CCCN1C(=O)CCC1=O)C2. The second kappa shape index (κ2) is 7.27. The van der Waals surface area contributed by atoms with Gasteiger partial charge in [-0.05, 0) is 37.4 Å². The van der Waals surface area contributed by atoms with E-state index in [0.29, 0.717) is 31.3 Å². The number of para-hydroxylation sites is 2. The Kier molecular flexibility index (Phi) is 4.85. The summed E-state index contributed by atoms with van der Waals surface area (Å²) < 4.78 is 5.55. The Morgan fingerprint density at radius 3 is 2.58 bits per heavy atom. The summed E-state index contributed by atoms with van der Waals surface area (Å²) in [5.41, 5.74) is 1.19. The number of fused-ring (bicyclic) bond motifs is 2. The maximum Gasteiger partial charge on any atom is 0.229 e. The minimum Gasteiger partial charge on any atom is -0.495 e. The molecule has 0 spiro atoms. The fourth-order valence-corrected chi connectivity index (χ4v) is 4.73. The van der Waals surface area contributed by atoms with Gasteiger partial charge in [0, 0.05) is 45.1 Å². The van der Waals surface area contributed by atoms with Crippen molar-refractivity contribution in [2.24, 2.45) is 5.92 Å². The summed E-state index contributed by atoms with van der Waals surface area (Å²) in [5.74, 6) is 1.61. The van der Waals surface area contributed by atoms with Gasteiger partial charge in [0.1, 0.15) is 5.75 Å². The smallest absolute Gasteiger partial charge is 0.229 e. The average molecular weight is 357 g/mol. The van der Waals surface area contributed by atoms with Crippen LogP contribution in [0.4, 0.5) is 5.69 Å². The highest BCUT2D eigenvalue weighted by molar-refractivity contribution is 6.01. The Morgan fingerprint density at radius 1 is 1.04 bits per heavy atom. The number of hydrogen-bond acceptors (Lipinski definition) is 5. The normalized spacial score (nSPS) is 26.0. The molecule has 1 aromatic rings. The van der Waals surface area contributed by atoms with Crippen molar-refractivity contribution in [3.63, 3.8) is 0 Å². The highest BCUT2D eigenvalue weighted by Crippen LogP contribution is 2.38. The van der Waals surface area contributed by atoms with Crippen LogP contribution in [0.3, 0.4) is 0 Å². The molecule has 3 fully saturated rings. The van der Waals surface area contributed by atoms with Crippen molar-refractivity contribution in [2.45, 2.75) is 31.7 Å². The number of carbonyl (C=O) groups is 2. The van der Waals surface area contributed by atoms with Gasteiger partial charge in [-0.25, -0.2) is 0 Å². The minimum atomic E-state index is -0.00365. The number of methoxy groups -OCH3 is 1. The number of ether oxygens (including phenoxy) is 1. The van der Waals surface area contributed by atoms with E-state index >= 15 is 0 Å². The van der Waals surface area contributed by atoms with Crippen LogP contribution in [0.5, 0.6) is 5.75 Å². The van der Waals surface area contributed by atoms with Crippen LogP contribution in [0.15, 0.2) is 24.3 Å². The summed E-state index contributed by atoms with van der Waals surface area (Å²) in [5, 5.41) is 0. The van der Waals surface area contributed by atoms with Gasteiger partial charge >= 0.3 is 0 Å². The predicted octanol–water partition coefficient (Wildman–Crippen LogP) is 1.74. The molecule has 3 heterocycles. The summed E-state index contributed by atoms with van der Waals surface area (Å²) in [6, 6.07) is 8.77. The lowest BCUT2D eigenvalue weighted by Crippen LogP contribution is -2.43. The van der Waals surface area contributed by atoms with E-state index in [-0.39, 0.29) is 11.8 Å². The molecular formula is C20H27N3O3. The summed E-state index contributed by atoms with van der Waals surface area (Å²) in [7, 11) is 1.73. The Balaban J connectivity index is 1.34. The maximum atomic E-state index is 11.7. The lowest BCUT2D eigenvalue weighted by Gasteiger charge is -2.34. The number of piperidine rings is 1. The average Bonchev–Trinajstić information content (AvgIpc) is 3.13. The van der Waals surface area contributed by atoms with Crippen LogP contribution in [0.25, 0.3) is 0 Å². The van der Waals surface area contributed by atoms with E-state index in [2.05, 4.69) is 21.9 Å². The van der Waals surface area contributed by atoms with E-state index in [1.54, 1.807) is 7.11 Å². The molecule has 2 amide bonds. The van der Waals surface area contributed by atoms with Gasteiger partial charge < -0.3 is 14.5 Å². The molecule has 1 aromatic carbocycles. The maximum absolute atomic E-state index is 11.7. The Labute approximate surface area is 154 Å². The first-order valence-corrected chi connectivity index (χ1v) is 9.61. The zero-order chi connectivity index (χ0) is 18.1. The van der Waals surface area contributed by atoms with E-state index in [9.17, 15) is 9.59 Å². The lowest BCUT2D eigenvalue weighted by molar-refractivity contribution is -0.138. The molecule has 26 heavy (non-hydrogen) atoms. The van der Waals surface area contributed by atoms with Crippen molar-refractivity contribution >= 4 is 17.5 Å². The fourth-order valence-electron chi connectivity index (χ4n) is 4.73. The molecule has 3 aliphatic heterocycles. The largest absolute Gasteiger partial charge is 0.495 e. The van der Waals surface area contributed by atoms with E-state index in [1.165, 1.54) is 17.0 Å². The predicted molar refractivity (Wildman–Crippen MR) is 99.2 cm³/mol. The van der Waals surface area contributed by atoms with Gasteiger partial charge in [-0.3, -0.25) is 14.5 Å². The molecule has 0 radical (unpaired) electrons. The zero-order valence-corrected chi connectivity index (χ0v) is 15.4. The number of rotatable bonds is 6. The van der Waals surface area contributed by atoms with Gasteiger partial charge in [0.2, 0.25) is 11.8 Å². The molecule has 0 unspecified atom stereocenters. The number of nitrogens with zero attached hydrogens (tertiary/aromatic N) is 3. The van der Waals surface area contributed by atoms with Crippen LogP contribution in [0.1, 0.15) is 25.7 Å². The second-order valence-corrected chi connectivity index (χ2v) is 7.63. The number of carbonyl (C=O) groups excluding carboxylic acids is 2. The van der Waals surface area contributed by atoms with Crippen LogP contribution >= 0.6 is 0 Å². The molecule has 0 saturated carbocycles. The summed E-state index contributed by atoms with van der Waals surface area (Å²) in [4.78, 5) is 29.9. The van der Waals surface area contributed by atoms with Crippen LogP contribution in [-0.4, -0.2) is 67.5 Å². The standard InChI is InChI=1S/C20H27N3O3/c1-26-18-6-3-2-5-17(18)23-13-15-11-16(23)14-21(12-15)9-4-10-22-19(24)7-8-20(22)25/h2-3,5-6,15-16H,4,7-14H2,1H3/t15-,16+/m0/s1. The van der Waals surface area contributed by atoms with Crippen LogP contribution in [-0.2, 0) is 9.59 Å². The number of imide groups is 1. The number of amides is 2. The quantitative estimate of drug-likeness (QED) is 0.726. The highest BCUT2D eigenvalue weighted by atomic mass is 16.5. The van der Waals surface area contributed by atoms with Crippen LogP contribution in [0.2, 0.25) is 0 Å². The second-order valence-electron chi connectivity index (χ2n) is 7.63. The van der Waals surface area contributed by atoms with Crippen molar-refractivity contribution in [1.82, 2.24) is 9.80 Å². The third-order valence-corrected chi connectivity index (χ3v) is 5.89. The Morgan fingerprint density at radius 2 is 1.81 bits per heavy atom. The fraction of sp³-hybridized carbons (Fsp3) is 0.600. The number of hydrogen-bond donors (Lipinski definition) is 0. The van der Waals surface area contributed by atoms with Gasteiger partial charge in [0.05, 0.1) is 12.8 Å². The van der Waals surface area contributed by atoms with Crippen molar-refractivity contribution in [1.29, 1.82) is 0 Å². The topological polar surface area (TPSA) is 53.1 Å². The first-order chi connectivity index (χ1) is 12.7. The van der Waals surface area contributed by atoms with E-state index in [0.717, 1.165) is 38.3 Å². The molecule has 3 saturated heterocycles. The lowest BCUT2D eigenvalue weighted by atomic mass is 10.00. The number of likely N-dealkylation sites (tertiary alicyclic amines) is 2. The molecular weight excluding hydrogens is 330 g/mol. The zero-order valence-electron chi connectivity index (χ0n) is 15.4. The Bertz CT molecular complexity index is 677. The number of benzene rings is 1. The van der Waals surface area contributed by atoms with Gasteiger partial charge in [0.25, 0.3) is 0 Å². The van der Waals surface area contributed by atoms with E-state index in [4.69, 9.17) is 4.74 Å². The summed E-state index contributed by atoms with van der Waals surface area (Å²) in [6.45, 7) is 4.73. The molecule has 0 N–H and O–H groups in total. The first kappa shape index (κ1) is 17.3. The molecule has 4 rings (SSSR count). The monoisotopic (exact) mass is 357 g/mol. The minimum absolute atomic E-state index is 0.00365. The van der Waals surface area contributed by atoms with Gasteiger partial charge in [-0.2, -0.15) is 0 Å². The van der Waals surface area contributed by atoms with Crippen molar-refractivity contribution in [2.75, 3.05) is 44.7 Å². The van der Waals surface area contributed by atoms with Crippen molar-refractivity contribution < 1.29 is 14.3 Å². The van der Waals surface area contributed by atoms with E-state index < -0.39 is 0 Å². The first-order valence-electron chi connectivity index (χ1n) is 9.61. The van der Waals surface area contributed by atoms with E-state index in [1.807, 2.05) is 12.1 Å².